The van der Waals surface area contributed by atoms with Gasteiger partial charge in [0.05, 0.1) is 12.1 Å². The highest BCUT2D eigenvalue weighted by atomic mass is 16.5. The summed E-state index contributed by atoms with van der Waals surface area (Å²) < 4.78 is 5.40. The lowest BCUT2D eigenvalue weighted by Gasteiger charge is -2.38. The van der Waals surface area contributed by atoms with Gasteiger partial charge < -0.3 is 9.53 Å². The third kappa shape index (κ3) is 2.29. The summed E-state index contributed by atoms with van der Waals surface area (Å²) in [7, 11) is 1.74. The average molecular weight is 171 g/mol. The molecule has 0 aliphatic carbocycles. The first-order valence-corrected chi connectivity index (χ1v) is 4.41. The Morgan fingerprint density at radius 3 is 3.00 bits per heavy atom. The SMILES string of the molecule is COC1(C)CCCN(CC=O)C1. The second-order valence-corrected chi connectivity index (χ2v) is 3.66. The number of nitrogens with zero attached hydrogens (tertiary/aromatic N) is 1. The molecule has 0 aromatic rings. The zero-order valence-corrected chi connectivity index (χ0v) is 7.88. The van der Waals surface area contributed by atoms with Crippen LogP contribution in [0, 0.1) is 0 Å². The molecule has 0 aromatic carbocycles. The Kier molecular flexibility index (Phi) is 3.23. The Bertz CT molecular complexity index is 161. The molecule has 1 aliphatic rings. The van der Waals surface area contributed by atoms with Gasteiger partial charge in [-0.1, -0.05) is 0 Å². The van der Waals surface area contributed by atoms with E-state index in [1.165, 1.54) is 0 Å². The molecule has 0 bridgehead atoms. The first-order chi connectivity index (χ1) is 5.70. The molecule has 1 atom stereocenters. The fourth-order valence-electron chi connectivity index (χ4n) is 1.74. The highest BCUT2D eigenvalue weighted by Crippen LogP contribution is 2.23. The zero-order chi connectivity index (χ0) is 9.03. The number of rotatable bonds is 3. The maximum absolute atomic E-state index is 10.3. The summed E-state index contributed by atoms with van der Waals surface area (Å²) in [5.41, 5.74) is -0.0404. The minimum absolute atomic E-state index is 0.0404. The van der Waals surface area contributed by atoms with Crippen molar-refractivity contribution in [2.45, 2.75) is 25.4 Å². The number of hydrogen-bond acceptors (Lipinski definition) is 3. The van der Waals surface area contributed by atoms with E-state index >= 15 is 0 Å². The molecule has 1 aliphatic heterocycles. The molecule has 12 heavy (non-hydrogen) atoms. The molecule has 0 radical (unpaired) electrons. The van der Waals surface area contributed by atoms with Gasteiger partial charge in [0.1, 0.15) is 6.29 Å². The van der Waals surface area contributed by atoms with Crippen LogP contribution < -0.4 is 0 Å². The summed E-state index contributed by atoms with van der Waals surface area (Å²) in [6, 6.07) is 0. The van der Waals surface area contributed by atoms with Crippen molar-refractivity contribution in [3.05, 3.63) is 0 Å². The lowest BCUT2D eigenvalue weighted by molar-refractivity contribution is -0.111. The molecule has 0 aromatic heterocycles. The van der Waals surface area contributed by atoms with Gasteiger partial charge in [-0.2, -0.15) is 0 Å². The summed E-state index contributed by atoms with van der Waals surface area (Å²) in [6.45, 7) is 4.54. The molecule has 1 saturated heterocycles. The van der Waals surface area contributed by atoms with Crippen molar-refractivity contribution in [2.24, 2.45) is 0 Å². The average Bonchev–Trinajstić information content (AvgIpc) is 2.05. The largest absolute Gasteiger partial charge is 0.377 e. The molecule has 0 spiro atoms. The topological polar surface area (TPSA) is 29.5 Å². The van der Waals surface area contributed by atoms with Crippen LogP contribution in [0.25, 0.3) is 0 Å². The van der Waals surface area contributed by atoms with Crippen LogP contribution in [0.1, 0.15) is 19.8 Å². The van der Waals surface area contributed by atoms with Crippen molar-refractivity contribution in [1.29, 1.82) is 0 Å². The number of hydrogen-bond donors (Lipinski definition) is 0. The van der Waals surface area contributed by atoms with Crippen molar-refractivity contribution < 1.29 is 9.53 Å². The maximum Gasteiger partial charge on any atom is 0.133 e. The predicted octanol–water partition coefficient (Wildman–Crippen LogP) is 0.686. The van der Waals surface area contributed by atoms with E-state index in [0.29, 0.717) is 6.54 Å². The summed E-state index contributed by atoms with van der Waals surface area (Å²) in [5, 5.41) is 0. The number of methoxy groups -OCH3 is 1. The number of carbonyl (C=O) groups is 1. The van der Waals surface area contributed by atoms with E-state index in [-0.39, 0.29) is 5.60 Å². The predicted molar refractivity (Wildman–Crippen MR) is 47.2 cm³/mol. The molecular weight excluding hydrogens is 154 g/mol. The van der Waals surface area contributed by atoms with Gasteiger partial charge in [0.15, 0.2) is 0 Å². The van der Waals surface area contributed by atoms with E-state index in [1.54, 1.807) is 7.11 Å². The summed E-state index contributed by atoms with van der Waals surface area (Å²) in [6.07, 6.45) is 3.18. The van der Waals surface area contributed by atoms with Gasteiger partial charge in [-0.05, 0) is 26.3 Å². The Morgan fingerprint density at radius 2 is 2.42 bits per heavy atom. The number of ether oxygens (including phenoxy) is 1. The normalized spacial score (nSPS) is 31.8. The number of aldehydes is 1. The molecule has 1 rings (SSSR count). The van der Waals surface area contributed by atoms with Crippen molar-refractivity contribution in [1.82, 2.24) is 4.90 Å². The quantitative estimate of drug-likeness (QED) is 0.585. The van der Waals surface area contributed by atoms with Gasteiger partial charge >= 0.3 is 0 Å². The van der Waals surface area contributed by atoms with Crippen LogP contribution in [0.5, 0.6) is 0 Å². The first-order valence-electron chi connectivity index (χ1n) is 4.41. The molecule has 70 valence electrons. The number of likely N-dealkylation sites (tertiary alicyclic amines) is 1. The summed E-state index contributed by atoms with van der Waals surface area (Å²) in [4.78, 5) is 12.4. The third-order valence-corrected chi connectivity index (χ3v) is 2.56. The van der Waals surface area contributed by atoms with E-state index in [9.17, 15) is 4.79 Å². The van der Waals surface area contributed by atoms with Crippen molar-refractivity contribution in [3.8, 4) is 0 Å². The monoisotopic (exact) mass is 171 g/mol. The maximum atomic E-state index is 10.3. The van der Waals surface area contributed by atoms with Crippen LogP contribution in [-0.4, -0.2) is 43.5 Å². The fraction of sp³-hybridized carbons (Fsp3) is 0.889. The zero-order valence-electron chi connectivity index (χ0n) is 7.88. The molecule has 3 heteroatoms. The Balaban J connectivity index is 2.44. The van der Waals surface area contributed by atoms with Crippen LogP contribution in [0.15, 0.2) is 0 Å². The van der Waals surface area contributed by atoms with E-state index < -0.39 is 0 Å². The van der Waals surface area contributed by atoms with Gasteiger partial charge in [0.25, 0.3) is 0 Å². The first kappa shape index (κ1) is 9.68. The molecule has 1 heterocycles. The Hall–Kier alpha value is -0.410. The second-order valence-electron chi connectivity index (χ2n) is 3.66. The van der Waals surface area contributed by atoms with E-state index in [4.69, 9.17) is 4.74 Å². The van der Waals surface area contributed by atoms with Gasteiger partial charge in [0.2, 0.25) is 0 Å². The van der Waals surface area contributed by atoms with Crippen LogP contribution in [0.4, 0.5) is 0 Å². The lowest BCUT2D eigenvalue weighted by atomic mass is 9.95. The molecule has 0 N–H and O–H groups in total. The molecular formula is C9H17NO2. The lowest BCUT2D eigenvalue weighted by Crippen LogP contribution is -2.47. The molecule has 1 fully saturated rings. The molecule has 1 unspecified atom stereocenters. The van der Waals surface area contributed by atoms with Crippen LogP contribution >= 0.6 is 0 Å². The van der Waals surface area contributed by atoms with E-state index in [2.05, 4.69) is 11.8 Å². The highest BCUT2D eigenvalue weighted by Gasteiger charge is 2.30. The molecule has 0 saturated carbocycles. The van der Waals surface area contributed by atoms with Crippen LogP contribution in [-0.2, 0) is 9.53 Å². The Morgan fingerprint density at radius 1 is 1.67 bits per heavy atom. The van der Waals surface area contributed by atoms with E-state index in [1.807, 2.05) is 0 Å². The van der Waals surface area contributed by atoms with Crippen LogP contribution in [0.2, 0.25) is 0 Å². The smallest absolute Gasteiger partial charge is 0.133 e. The number of piperidine rings is 1. The standard InChI is InChI=1S/C9H17NO2/c1-9(12-2)4-3-5-10(8-9)6-7-11/h7H,3-6,8H2,1-2H3. The van der Waals surface area contributed by atoms with E-state index in [0.717, 1.165) is 32.2 Å². The second kappa shape index (κ2) is 4.01. The third-order valence-electron chi connectivity index (χ3n) is 2.56. The highest BCUT2D eigenvalue weighted by molar-refractivity contribution is 5.52. The van der Waals surface area contributed by atoms with Crippen molar-refractivity contribution in [2.75, 3.05) is 26.7 Å². The van der Waals surface area contributed by atoms with Crippen LogP contribution in [0.3, 0.4) is 0 Å². The molecule has 0 amide bonds. The number of carbonyl (C=O) groups excluding carboxylic acids is 1. The fourth-order valence-corrected chi connectivity index (χ4v) is 1.74. The Labute approximate surface area is 73.7 Å². The minimum Gasteiger partial charge on any atom is -0.377 e. The summed E-state index contributed by atoms with van der Waals surface area (Å²) >= 11 is 0. The van der Waals surface area contributed by atoms with Gasteiger partial charge in [-0.3, -0.25) is 4.90 Å². The van der Waals surface area contributed by atoms with Gasteiger partial charge in [-0.15, -0.1) is 0 Å². The molecule has 3 nitrogen and oxygen atoms in total. The van der Waals surface area contributed by atoms with Gasteiger partial charge in [-0.25, -0.2) is 0 Å². The van der Waals surface area contributed by atoms with Gasteiger partial charge in [0, 0.05) is 13.7 Å². The minimum atomic E-state index is -0.0404. The van der Waals surface area contributed by atoms with Crippen molar-refractivity contribution >= 4 is 6.29 Å². The summed E-state index contributed by atoms with van der Waals surface area (Å²) in [5.74, 6) is 0. The van der Waals surface area contributed by atoms with Crippen molar-refractivity contribution in [3.63, 3.8) is 0 Å².